The molecule has 1 heterocycles. The fourth-order valence-electron chi connectivity index (χ4n) is 2.49. The van der Waals surface area contributed by atoms with E-state index in [1.54, 1.807) is 24.3 Å². The Morgan fingerprint density at radius 2 is 1.78 bits per heavy atom. The standard InChI is InChI=1S/C17H21N3O6S/c1-11-5-7-12(8-6-11)13(9-15(21)26-4)18-27(24,25)14-10-19(2)17(23)20(3)16(14)22/h5-8,10,13,18H,9H2,1-4H3/t13-/m1/s1. The first-order valence-electron chi connectivity index (χ1n) is 7.99. The molecule has 0 radical (unpaired) electrons. The Balaban J connectivity index is 2.50. The molecule has 0 aliphatic rings. The highest BCUT2D eigenvalue weighted by atomic mass is 32.2. The smallest absolute Gasteiger partial charge is 0.330 e. The van der Waals surface area contributed by atoms with Crippen LogP contribution in [0.15, 0.2) is 44.9 Å². The summed E-state index contributed by atoms with van der Waals surface area (Å²) in [7, 11) is -0.585. The van der Waals surface area contributed by atoms with Gasteiger partial charge in [0.1, 0.15) is 0 Å². The van der Waals surface area contributed by atoms with Gasteiger partial charge in [0.05, 0.1) is 19.6 Å². The molecular weight excluding hydrogens is 374 g/mol. The number of esters is 1. The number of nitrogens with zero attached hydrogens (tertiary/aromatic N) is 2. The molecule has 9 nitrogen and oxygen atoms in total. The largest absolute Gasteiger partial charge is 0.469 e. The van der Waals surface area contributed by atoms with Crippen molar-refractivity contribution in [3.63, 3.8) is 0 Å². The molecule has 0 aliphatic heterocycles. The van der Waals surface area contributed by atoms with Crippen LogP contribution in [-0.2, 0) is 33.7 Å². The van der Waals surface area contributed by atoms with Gasteiger partial charge in [0.2, 0.25) is 10.0 Å². The lowest BCUT2D eigenvalue weighted by Crippen LogP contribution is -2.42. The van der Waals surface area contributed by atoms with E-state index in [4.69, 9.17) is 0 Å². The van der Waals surface area contributed by atoms with Crippen molar-refractivity contribution in [2.24, 2.45) is 14.1 Å². The van der Waals surface area contributed by atoms with Crippen LogP contribution in [0, 0.1) is 6.92 Å². The third kappa shape index (κ3) is 4.52. The van der Waals surface area contributed by atoms with Crippen LogP contribution in [0.3, 0.4) is 0 Å². The van der Waals surface area contributed by atoms with Crippen molar-refractivity contribution in [3.05, 3.63) is 62.4 Å². The summed E-state index contributed by atoms with van der Waals surface area (Å²) in [5.74, 6) is -0.614. The van der Waals surface area contributed by atoms with Gasteiger partial charge in [-0.15, -0.1) is 0 Å². The van der Waals surface area contributed by atoms with Gasteiger partial charge in [-0.1, -0.05) is 29.8 Å². The van der Waals surface area contributed by atoms with Crippen LogP contribution in [0.25, 0.3) is 0 Å². The molecule has 0 spiro atoms. The Bertz CT molecular complexity index is 1070. The number of rotatable bonds is 6. The fraction of sp³-hybridized carbons (Fsp3) is 0.353. The lowest BCUT2D eigenvalue weighted by atomic mass is 10.0. The van der Waals surface area contributed by atoms with E-state index >= 15 is 0 Å². The molecule has 2 aromatic rings. The summed E-state index contributed by atoms with van der Waals surface area (Å²) in [4.78, 5) is 35.2. The molecular formula is C17H21N3O6S. The average molecular weight is 395 g/mol. The number of hydrogen-bond acceptors (Lipinski definition) is 6. The number of ether oxygens (including phenoxy) is 1. The van der Waals surface area contributed by atoms with Crippen molar-refractivity contribution >= 4 is 16.0 Å². The molecule has 1 atom stereocenters. The molecule has 10 heteroatoms. The number of methoxy groups -OCH3 is 1. The highest BCUT2D eigenvalue weighted by molar-refractivity contribution is 7.89. The maximum atomic E-state index is 12.8. The summed E-state index contributed by atoms with van der Waals surface area (Å²) in [5.41, 5.74) is -0.100. The molecule has 2 rings (SSSR count). The molecule has 1 N–H and O–H groups in total. The van der Waals surface area contributed by atoms with Gasteiger partial charge in [-0.25, -0.2) is 17.9 Å². The van der Waals surface area contributed by atoms with Gasteiger partial charge in [0.25, 0.3) is 5.56 Å². The number of aromatic nitrogens is 2. The molecule has 1 aromatic carbocycles. The number of sulfonamides is 1. The minimum absolute atomic E-state index is 0.259. The summed E-state index contributed by atoms with van der Waals surface area (Å²) < 4.78 is 34.3. The van der Waals surface area contributed by atoms with Gasteiger partial charge in [0.15, 0.2) is 4.90 Å². The van der Waals surface area contributed by atoms with Gasteiger partial charge in [-0.05, 0) is 12.5 Å². The number of carbonyl (C=O) groups is 1. The van der Waals surface area contributed by atoms with Crippen molar-refractivity contribution in [2.75, 3.05) is 7.11 Å². The SMILES string of the molecule is COC(=O)C[C@@H](NS(=O)(=O)c1cn(C)c(=O)n(C)c1=O)c1ccc(C)cc1. The highest BCUT2D eigenvalue weighted by Crippen LogP contribution is 2.20. The third-order valence-electron chi connectivity index (χ3n) is 4.08. The third-order valence-corrected chi connectivity index (χ3v) is 5.53. The van der Waals surface area contributed by atoms with Crippen LogP contribution >= 0.6 is 0 Å². The molecule has 146 valence electrons. The maximum absolute atomic E-state index is 12.8. The van der Waals surface area contributed by atoms with Crippen LogP contribution in [0.2, 0.25) is 0 Å². The summed E-state index contributed by atoms with van der Waals surface area (Å²) in [6.07, 6.45) is 0.697. The molecule has 0 unspecified atom stereocenters. The summed E-state index contributed by atoms with van der Waals surface area (Å²) in [6, 6.07) is 5.98. The van der Waals surface area contributed by atoms with Crippen LogP contribution in [0.4, 0.5) is 0 Å². The van der Waals surface area contributed by atoms with Gasteiger partial charge >= 0.3 is 11.7 Å². The molecule has 0 saturated carbocycles. The van der Waals surface area contributed by atoms with E-state index in [-0.39, 0.29) is 6.42 Å². The molecule has 27 heavy (non-hydrogen) atoms. The fourth-order valence-corrected chi connectivity index (χ4v) is 3.87. The molecule has 0 amide bonds. The van der Waals surface area contributed by atoms with Gasteiger partial charge in [0, 0.05) is 20.3 Å². The van der Waals surface area contributed by atoms with E-state index in [0.717, 1.165) is 16.3 Å². The number of nitrogens with one attached hydrogen (secondary N) is 1. The lowest BCUT2D eigenvalue weighted by molar-refractivity contribution is -0.141. The van der Waals surface area contributed by atoms with Crippen molar-refractivity contribution in [3.8, 4) is 0 Å². The Kier molecular flexibility index (Phi) is 6.01. The Morgan fingerprint density at radius 1 is 1.19 bits per heavy atom. The molecule has 1 aromatic heterocycles. The van der Waals surface area contributed by atoms with E-state index < -0.39 is 38.2 Å². The van der Waals surface area contributed by atoms with E-state index in [2.05, 4.69) is 9.46 Å². The predicted octanol–water partition coefficient (Wildman–Crippen LogP) is -0.0249. The first-order valence-corrected chi connectivity index (χ1v) is 9.47. The van der Waals surface area contributed by atoms with E-state index in [9.17, 15) is 22.8 Å². The van der Waals surface area contributed by atoms with Crippen molar-refractivity contribution in [1.82, 2.24) is 13.9 Å². The maximum Gasteiger partial charge on any atom is 0.330 e. The highest BCUT2D eigenvalue weighted by Gasteiger charge is 2.27. The molecule has 0 saturated heterocycles. The number of benzene rings is 1. The lowest BCUT2D eigenvalue weighted by Gasteiger charge is -2.18. The Morgan fingerprint density at radius 3 is 2.33 bits per heavy atom. The van der Waals surface area contributed by atoms with Crippen LogP contribution in [0.1, 0.15) is 23.6 Å². The van der Waals surface area contributed by atoms with Gasteiger partial charge < -0.3 is 9.30 Å². The van der Waals surface area contributed by atoms with Gasteiger partial charge in [-0.3, -0.25) is 14.2 Å². The van der Waals surface area contributed by atoms with Crippen LogP contribution < -0.4 is 16.0 Å². The number of aryl methyl sites for hydroxylation is 2. The Hall–Kier alpha value is -2.72. The van der Waals surface area contributed by atoms with Crippen LogP contribution in [0.5, 0.6) is 0 Å². The Labute approximate surface area is 156 Å². The second kappa shape index (κ2) is 7.89. The van der Waals surface area contributed by atoms with Crippen molar-refractivity contribution < 1.29 is 17.9 Å². The second-order valence-corrected chi connectivity index (χ2v) is 7.80. The summed E-state index contributed by atoms with van der Waals surface area (Å²) in [6.45, 7) is 1.87. The van der Waals surface area contributed by atoms with Crippen molar-refractivity contribution in [2.45, 2.75) is 24.3 Å². The molecule has 0 aliphatic carbocycles. The van der Waals surface area contributed by atoms with Crippen molar-refractivity contribution in [1.29, 1.82) is 0 Å². The number of carbonyl (C=O) groups excluding carboxylic acids is 1. The van der Waals surface area contributed by atoms with E-state index in [1.807, 2.05) is 6.92 Å². The monoisotopic (exact) mass is 395 g/mol. The summed E-state index contributed by atoms with van der Waals surface area (Å²) >= 11 is 0. The average Bonchev–Trinajstić information content (AvgIpc) is 2.62. The molecule has 0 bridgehead atoms. The molecule has 0 fully saturated rings. The first-order chi connectivity index (χ1) is 12.6. The van der Waals surface area contributed by atoms with Gasteiger partial charge in [-0.2, -0.15) is 0 Å². The predicted molar refractivity (Wildman–Crippen MR) is 97.8 cm³/mol. The van der Waals surface area contributed by atoms with E-state index in [1.165, 1.54) is 21.2 Å². The zero-order valence-corrected chi connectivity index (χ0v) is 16.2. The second-order valence-electron chi connectivity index (χ2n) is 6.12. The minimum atomic E-state index is -4.31. The first kappa shape index (κ1) is 20.6. The number of hydrogen-bond donors (Lipinski definition) is 1. The quantitative estimate of drug-likeness (QED) is 0.687. The zero-order valence-electron chi connectivity index (χ0n) is 15.4. The normalized spacial score (nSPS) is 12.6. The summed E-state index contributed by atoms with van der Waals surface area (Å²) in [5, 5.41) is 0. The van der Waals surface area contributed by atoms with Crippen LogP contribution in [-0.4, -0.2) is 30.6 Å². The van der Waals surface area contributed by atoms with E-state index in [0.29, 0.717) is 10.1 Å². The zero-order chi connectivity index (χ0) is 20.4. The minimum Gasteiger partial charge on any atom is -0.469 e. The topological polar surface area (TPSA) is 116 Å².